The second-order valence-electron chi connectivity index (χ2n) is 8.39. The fourth-order valence-corrected chi connectivity index (χ4v) is 4.02. The molecule has 10 nitrogen and oxygen atoms in total. The third-order valence-electron chi connectivity index (χ3n) is 5.86. The molecule has 0 unspecified atom stereocenters. The van der Waals surface area contributed by atoms with Gasteiger partial charge >= 0.3 is 12.1 Å². The highest BCUT2D eigenvalue weighted by Crippen LogP contribution is 2.28. The fourth-order valence-electron chi connectivity index (χ4n) is 4.02. The summed E-state index contributed by atoms with van der Waals surface area (Å²) in [4.78, 5) is 27.8. The molecule has 2 atom stereocenters. The molecule has 2 N–H and O–H groups in total. The average Bonchev–Trinajstić information content (AvgIpc) is 3.22. The van der Waals surface area contributed by atoms with E-state index in [0.717, 1.165) is 12.8 Å². The van der Waals surface area contributed by atoms with Gasteiger partial charge in [0.25, 0.3) is 0 Å². The summed E-state index contributed by atoms with van der Waals surface area (Å²) in [6.45, 7) is 0.0384. The average molecular weight is 484 g/mol. The molecule has 4 rings (SSSR count). The van der Waals surface area contributed by atoms with Crippen LogP contribution in [-0.4, -0.2) is 43.3 Å². The Morgan fingerprint density at radius 3 is 2.86 bits per heavy atom. The molecule has 184 valence electrons. The first-order valence-electron chi connectivity index (χ1n) is 11.3. The molecule has 35 heavy (non-hydrogen) atoms. The van der Waals surface area contributed by atoms with Gasteiger partial charge in [0.1, 0.15) is 23.9 Å². The van der Waals surface area contributed by atoms with Crippen molar-refractivity contribution in [3.8, 4) is 17.1 Å². The van der Waals surface area contributed by atoms with E-state index in [1.54, 1.807) is 37.5 Å². The van der Waals surface area contributed by atoms with Gasteiger partial charge in [-0.05, 0) is 55.5 Å². The molecule has 1 saturated carbocycles. The van der Waals surface area contributed by atoms with Crippen LogP contribution in [-0.2, 0) is 29.7 Å². The normalized spacial score (nSPS) is 17.5. The summed E-state index contributed by atoms with van der Waals surface area (Å²) in [7, 11) is 1.70. The van der Waals surface area contributed by atoms with Crippen LogP contribution in [0.1, 0.15) is 36.9 Å². The second-order valence-corrected chi connectivity index (χ2v) is 8.39. The van der Waals surface area contributed by atoms with Crippen molar-refractivity contribution in [2.24, 2.45) is 13.0 Å². The number of aryl methyl sites for hydroxylation is 1. The molecule has 1 aliphatic rings. The number of halogens is 1. The Morgan fingerprint density at radius 2 is 2.11 bits per heavy atom. The Labute approximate surface area is 201 Å². The predicted molar refractivity (Wildman–Crippen MR) is 122 cm³/mol. The Balaban J connectivity index is 1.34. The number of nitrogens with one attached hydrogen (secondary N) is 1. The summed E-state index contributed by atoms with van der Waals surface area (Å²) in [5, 5.41) is 20.1. The highest BCUT2D eigenvalue weighted by molar-refractivity contribution is 5.70. The van der Waals surface area contributed by atoms with Crippen molar-refractivity contribution >= 4 is 12.1 Å². The largest absolute Gasteiger partial charge is 0.489 e. The topological polar surface area (TPSA) is 128 Å². The molecule has 0 radical (unpaired) electrons. The third-order valence-corrected chi connectivity index (χ3v) is 5.86. The van der Waals surface area contributed by atoms with E-state index in [-0.39, 0.29) is 25.2 Å². The molecule has 11 heteroatoms. The lowest BCUT2D eigenvalue weighted by atomic mass is 9.87. The van der Waals surface area contributed by atoms with Gasteiger partial charge in [-0.3, -0.25) is 9.78 Å². The maximum atomic E-state index is 13.3. The number of benzene rings is 1. The molecule has 0 saturated heterocycles. The van der Waals surface area contributed by atoms with Crippen LogP contribution in [0.3, 0.4) is 0 Å². The molecule has 2 aromatic heterocycles. The van der Waals surface area contributed by atoms with Gasteiger partial charge in [-0.25, -0.2) is 13.9 Å². The molecule has 0 bridgehead atoms. The number of aliphatic carboxylic acids is 1. The van der Waals surface area contributed by atoms with Crippen LogP contribution >= 0.6 is 0 Å². The number of hydrogen-bond acceptors (Lipinski definition) is 7. The monoisotopic (exact) mass is 483 g/mol. The Morgan fingerprint density at radius 1 is 1.26 bits per heavy atom. The van der Waals surface area contributed by atoms with Gasteiger partial charge < -0.3 is 19.9 Å². The second kappa shape index (κ2) is 10.9. The van der Waals surface area contributed by atoms with E-state index >= 15 is 0 Å². The van der Waals surface area contributed by atoms with Gasteiger partial charge in [0.15, 0.2) is 0 Å². The molecule has 0 spiro atoms. The van der Waals surface area contributed by atoms with Gasteiger partial charge in [-0.15, -0.1) is 5.10 Å². The van der Waals surface area contributed by atoms with Gasteiger partial charge in [0, 0.05) is 7.05 Å². The molecule has 0 aliphatic heterocycles. The summed E-state index contributed by atoms with van der Waals surface area (Å²) < 4.78 is 25.9. The van der Waals surface area contributed by atoms with Gasteiger partial charge in [-0.1, -0.05) is 17.3 Å². The van der Waals surface area contributed by atoms with Crippen LogP contribution in [0.15, 0.2) is 42.6 Å². The van der Waals surface area contributed by atoms with Gasteiger partial charge in [-0.2, -0.15) is 0 Å². The van der Waals surface area contributed by atoms with E-state index in [0.29, 0.717) is 41.2 Å². The molecule has 3 aromatic rings. The number of aromatic nitrogens is 4. The third kappa shape index (κ3) is 6.31. The quantitative estimate of drug-likeness (QED) is 0.498. The number of ether oxygens (including phenoxy) is 2. The number of carbonyl (C=O) groups excluding carboxylic acids is 1. The summed E-state index contributed by atoms with van der Waals surface area (Å²) in [6.07, 6.45) is 3.52. The van der Waals surface area contributed by atoms with Crippen LogP contribution in [0.2, 0.25) is 0 Å². The zero-order chi connectivity index (χ0) is 24.8. The number of amides is 1. The van der Waals surface area contributed by atoms with E-state index in [1.807, 2.05) is 0 Å². The predicted octanol–water partition coefficient (Wildman–Crippen LogP) is 3.46. The molecule has 1 amide bonds. The van der Waals surface area contributed by atoms with Crippen molar-refractivity contribution in [2.75, 3.05) is 0 Å². The smallest absolute Gasteiger partial charge is 0.407 e. The van der Waals surface area contributed by atoms with Crippen LogP contribution in [0.4, 0.5) is 9.18 Å². The Kier molecular flexibility index (Phi) is 7.54. The minimum Gasteiger partial charge on any atom is -0.489 e. The van der Waals surface area contributed by atoms with E-state index < -0.39 is 17.9 Å². The molecule has 1 fully saturated rings. The van der Waals surface area contributed by atoms with E-state index in [1.165, 1.54) is 16.8 Å². The molecular formula is C24H26FN5O5. The van der Waals surface area contributed by atoms with Crippen LogP contribution in [0, 0.1) is 11.7 Å². The number of alkyl carbamates (subject to hydrolysis) is 1. The lowest BCUT2D eigenvalue weighted by Gasteiger charge is -2.27. The molecular weight excluding hydrogens is 457 g/mol. The van der Waals surface area contributed by atoms with Crippen molar-refractivity contribution in [1.82, 2.24) is 25.3 Å². The summed E-state index contributed by atoms with van der Waals surface area (Å²) >= 11 is 0. The highest BCUT2D eigenvalue weighted by atomic mass is 19.1. The first kappa shape index (κ1) is 24.1. The number of nitrogens with zero attached hydrogens (tertiary/aromatic N) is 4. The number of rotatable bonds is 8. The zero-order valence-corrected chi connectivity index (χ0v) is 19.2. The number of pyridine rings is 1. The standard InChI is InChI=1S/C24H26FN5O5/c1-30-21(13-27-24(33)34-14-15-4-2-6-17(25)10-15)22(28-29-30)20-9-8-19(12-26-20)35-18-7-3-5-16(11-18)23(31)32/h2,4,6,8-10,12,16,18H,3,5,7,11,13-14H2,1H3,(H,27,33)(H,31,32)/t16-,18-/m0/s1. The zero-order valence-electron chi connectivity index (χ0n) is 19.2. The van der Waals surface area contributed by atoms with E-state index in [4.69, 9.17) is 9.47 Å². The first-order chi connectivity index (χ1) is 16.9. The van der Waals surface area contributed by atoms with Crippen LogP contribution in [0.5, 0.6) is 5.75 Å². The minimum absolute atomic E-state index is 0.0582. The van der Waals surface area contributed by atoms with Crippen molar-refractivity contribution in [1.29, 1.82) is 0 Å². The maximum Gasteiger partial charge on any atom is 0.407 e. The lowest BCUT2D eigenvalue weighted by Crippen LogP contribution is -2.29. The maximum absolute atomic E-state index is 13.3. The number of carboxylic acid groups (broad SMARTS) is 1. The van der Waals surface area contributed by atoms with E-state index in [2.05, 4.69) is 20.6 Å². The molecule has 1 aromatic carbocycles. The van der Waals surface area contributed by atoms with Gasteiger partial charge in [0.2, 0.25) is 0 Å². The van der Waals surface area contributed by atoms with Crippen molar-refractivity contribution in [3.05, 3.63) is 59.7 Å². The summed E-state index contributed by atoms with van der Waals surface area (Å²) in [6, 6.07) is 9.32. The van der Waals surface area contributed by atoms with Crippen molar-refractivity contribution < 1.29 is 28.6 Å². The van der Waals surface area contributed by atoms with Crippen molar-refractivity contribution in [3.63, 3.8) is 0 Å². The first-order valence-corrected chi connectivity index (χ1v) is 11.3. The van der Waals surface area contributed by atoms with Crippen molar-refractivity contribution in [2.45, 2.75) is 44.9 Å². The van der Waals surface area contributed by atoms with Gasteiger partial charge in [0.05, 0.1) is 36.2 Å². The Hall–Kier alpha value is -4.02. The molecule has 2 heterocycles. The summed E-state index contributed by atoms with van der Waals surface area (Å²) in [5.41, 5.74) is 2.20. The minimum atomic E-state index is -0.784. The number of hydrogen-bond donors (Lipinski definition) is 2. The SMILES string of the molecule is Cn1nnc(-c2ccc(O[C@H]3CCC[C@H](C(=O)O)C3)cn2)c1CNC(=O)OCc1cccc(F)c1. The number of carbonyl (C=O) groups is 2. The van der Waals surface area contributed by atoms with Crippen LogP contribution in [0.25, 0.3) is 11.4 Å². The lowest BCUT2D eigenvalue weighted by molar-refractivity contribution is -0.143. The van der Waals surface area contributed by atoms with E-state index in [9.17, 15) is 19.1 Å². The molecule has 1 aliphatic carbocycles. The highest BCUT2D eigenvalue weighted by Gasteiger charge is 2.28. The van der Waals surface area contributed by atoms with Crippen LogP contribution < -0.4 is 10.1 Å². The summed E-state index contributed by atoms with van der Waals surface area (Å²) in [5.74, 6) is -1.01. The number of carboxylic acids is 1. The Bertz CT molecular complexity index is 1180. The fraction of sp³-hybridized carbons (Fsp3) is 0.375.